The minimum absolute atomic E-state index is 0.310. The zero-order valence-corrected chi connectivity index (χ0v) is 14.4. The van der Waals surface area contributed by atoms with Crippen molar-refractivity contribution in [3.05, 3.63) is 95.1 Å². The highest BCUT2D eigenvalue weighted by Gasteiger charge is 2.28. The Kier molecular flexibility index (Phi) is 4.64. The molecule has 0 aromatic heterocycles. The van der Waals surface area contributed by atoms with Gasteiger partial charge in [0, 0.05) is 13.0 Å². The highest BCUT2D eigenvalue weighted by molar-refractivity contribution is 5.79. The van der Waals surface area contributed by atoms with E-state index in [1.54, 1.807) is 7.11 Å². The van der Waals surface area contributed by atoms with Crippen molar-refractivity contribution in [3.63, 3.8) is 0 Å². The van der Waals surface area contributed by atoms with Gasteiger partial charge >= 0.3 is 0 Å². The van der Waals surface area contributed by atoms with Crippen LogP contribution in [-0.4, -0.2) is 13.7 Å². The Balaban J connectivity index is 1.53. The molecule has 0 saturated heterocycles. The summed E-state index contributed by atoms with van der Waals surface area (Å²) in [6.45, 7) is 1.97. The minimum Gasteiger partial charge on any atom is -0.384 e. The Labute approximate surface area is 149 Å². The predicted octanol–water partition coefficient (Wildman–Crippen LogP) is 5.16. The van der Waals surface area contributed by atoms with Gasteiger partial charge in [0.05, 0.1) is 19.8 Å². The molecule has 0 radical (unpaired) electrons. The number of benzene rings is 3. The van der Waals surface area contributed by atoms with E-state index in [0.717, 1.165) is 0 Å². The van der Waals surface area contributed by atoms with Crippen LogP contribution in [0.25, 0.3) is 11.1 Å². The average molecular weight is 330 g/mol. The number of ether oxygens (including phenoxy) is 2. The van der Waals surface area contributed by atoms with Crippen molar-refractivity contribution in [1.82, 2.24) is 0 Å². The van der Waals surface area contributed by atoms with Gasteiger partial charge in [-0.2, -0.15) is 0 Å². The smallest absolute Gasteiger partial charge is 0.0721 e. The van der Waals surface area contributed by atoms with E-state index in [4.69, 9.17) is 9.47 Å². The normalized spacial score (nSPS) is 15.0. The summed E-state index contributed by atoms with van der Waals surface area (Å²) < 4.78 is 11.4. The first-order valence-electron chi connectivity index (χ1n) is 8.69. The van der Waals surface area contributed by atoms with Gasteiger partial charge in [0.1, 0.15) is 0 Å². The molecule has 0 amide bonds. The van der Waals surface area contributed by atoms with Crippen LogP contribution in [0.5, 0.6) is 0 Å². The van der Waals surface area contributed by atoms with Crippen LogP contribution in [0.4, 0.5) is 0 Å². The van der Waals surface area contributed by atoms with E-state index in [-0.39, 0.29) is 0 Å². The third-order valence-corrected chi connectivity index (χ3v) is 4.83. The van der Waals surface area contributed by atoms with Gasteiger partial charge in [0.2, 0.25) is 0 Å². The largest absolute Gasteiger partial charge is 0.384 e. The molecule has 0 saturated carbocycles. The van der Waals surface area contributed by atoms with E-state index in [1.165, 1.54) is 33.4 Å². The number of hydrogen-bond acceptors (Lipinski definition) is 2. The summed E-state index contributed by atoms with van der Waals surface area (Å²) in [5.41, 5.74) is 7.78. The van der Waals surface area contributed by atoms with E-state index in [1.807, 2.05) is 18.2 Å². The Morgan fingerprint density at radius 1 is 0.720 bits per heavy atom. The highest BCUT2D eigenvalue weighted by Crippen LogP contribution is 2.45. The molecule has 1 atom stereocenters. The van der Waals surface area contributed by atoms with Crippen molar-refractivity contribution >= 4 is 0 Å². The molecule has 0 fully saturated rings. The first kappa shape index (κ1) is 16.1. The molecular weight excluding hydrogens is 308 g/mol. The fourth-order valence-corrected chi connectivity index (χ4v) is 3.66. The summed E-state index contributed by atoms with van der Waals surface area (Å²) in [6, 6.07) is 25.6. The molecule has 0 aliphatic heterocycles. The second-order valence-electron chi connectivity index (χ2n) is 6.50. The molecule has 25 heavy (non-hydrogen) atoms. The molecule has 2 heteroatoms. The van der Waals surface area contributed by atoms with Gasteiger partial charge in [0.15, 0.2) is 0 Å². The number of fused-ring (bicyclic) bond motifs is 3. The molecule has 0 spiro atoms. The molecule has 0 heterocycles. The average Bonchev–Trinajstić information content (AvgIpc) is 2.97. The highest BCUT2D eigenvalue weighted by atomic mass is 16.5. The third kappa shape index (κ3) is 3.23. The molecule has 0 N–H and O–H groups in total. The van der Waals surface area contributed by atoms with Gasteiger partial charge in [-0.25, -0.2) is 0 Å². The van der Waals surface area contributed by atoms with Crippen LogP contribution in [0.2, 0.25) is 0 Å². The number of methoxy groups -OCH3 is 1. The zero-order valence-electron chi connectivity index (χ0n) is 14.4. The molecule has 4 rings (SSSR count). The third-order valence-electron chi connectivity index (χ3n) is 4.83. The van der Waals surface area contributed by atoms with Gasteiger partial charge in [0.25, 0.3) is 0 Å². The topological polar surface area (TPSA) is 18.5 Å². The summed E-state index contributed by atoms with van der Waals surface area (Å²) in [4.78, 5) is 0. The molecule has 0 bridgehead atoms. The molecular formula is C23H22O2. The van der Waals surface area contributed by atoms with Crippen molar-refractivity contribution in [3.8, 4) is 11.1 Å². The first-order chi connectivity index (χ1) is 12.4. The van der Waals surface area contributed by atoms with Crippen molar-refractivity contribution < 1.29 is 9.47 Å². The SMILES string of the molecule is COCC1c2ccccc2-c2ccc(COCc3ccccc3)cc21. The summed E-state index contributed by atoms with van der Waals surface area (Å²) in [6.07, 6.45) is 0. The van der Waals surface area contributed by atoms with Gasteiger partial charge in [-0.3, -0.25) is 0 Å². The Morgan fingerprint density at radius 3 is 2.28 bits per heavy atom. The van der Waals surface area contributed by atoms with Crippen molar-refractivity contribution in [2.45, 2.75) is 19.1 Å². The van der Waals surface area contributed by atoms with Crippen LogP contribution >= 0.6 is 0 Å². The summed E-state index contributed by atoms with van der Waals surface area (Å²) in [5.74, 6) is 0.310. The first-order valence-corrected chi connectivity index (χ1v) is 8.69. The van der Waals surface area contributed by atoms with Gasteiger partial charge in [-0.05, 0) is 33.4 Å². The lowest BCUT2D eigenvalue weighted by Crippen LogP contribution is -2.05. The van der Waals surface area contributed by atoms with E-state index < -0.39 is 0 Å². The molecule has 1 unspecified atom stereocenters. The lowest BCUT2D eigenvalue weighted by molar-refractivity contribution is 0.107. The van der Waals surface area contributed by atoms with Crippen LogP contribution < -0.4 is 0 Å². The van der Waals surface area contributed by atoms with Gasteiger partial charge in [-0.1, -0.05) is 72.8 Å². The van der Waals surface area contributed by atoms with Crippen LogP contribution in [0.3, 0.4) is 0 Å². The molecule has 1 aliphatic carbocycles. The van der Waals surface area contributed by atoms with Crippen LogP contribution in [0.15, 0.2) is 72.8 Å². The van der Waals surface area contributed by atoms with Crippen LogP contribution in [0.1, 0.15) is 28.2 Å². The monoisotopic (exact) mass is 330 g/mol. The quantitative estimate of drug-likeness (QED) is 0.621. The van der Waals surface area contributed by atoms with Crippen LogP contribution in [-0.2, 0) is 22.7 Å². The number of hydrogen-bond donors (Lipinski definition) is 0. The maximum atomic E-state index is 5.91. The Bertz CT molecular complexity index is 855. The van der Waals surface area contributed by atoms with E-state index in [0.29, 0.717) is 25.7 Å². The predicted molar refractivity (Wildman–Crippen MR) is 101 cm³/mol. The van der Waals surface area contributed by atoms with E-state index in [9.17, 15) is 0 Å². The maximum absolute atomic E-state index is 5.91. The molecule has 3 aromatic carbocycles. The summed E-state index contributed by atoms with van der Waals surface area (Å²) in [5, 5.41) is 0. The van der Waals surface area contributed by atoms with Crippen LogP contribution in [0, 0.1) is 0 Å². The van der Waals surface area contributed by atoms with Crippen molar-refractivity contribution in [1.29, 1.82) is 0 Å². The lowest BCUT2D eigenvalue weighted by atomic mass is 9.97. The van der Waals surface area contributed by atoms with Gasteiger partial charge < -0.3 is 9.47 Å². The lowest BCUT2D eigenvalue weighted by Gasteiger charge is -2.13. The fourth-order valence-electron chi connectivity index (χ4n) is 3.66. The molecule has 1 aliphatic rings. The minimum atomic E-state index is 0.310. The second-order valence-corrected chi connectivity index (χ2v) is 6.50. The fraction of sp³-hybridized carbons (Fsp3) is 0.217. The molecule has 2 nitrogen and oxygen atoms in total. The van der Waals surface area contributed by atoms with E-state index in [2.05, 4.69) is 54.6 Å². The van der Waals surface area contributed by atoms with E-state index >= 15 is 0 Å². The van der Waals surface area contributed by atoms with Gasteiger partial charge in [-0.15, -0.1) is 0 Å². The summed E-state index contributed by atoms with van der Waals surface area (Å²) in [7, 11) is 1.77. The van der Waals surface area contributed by atoms with Crippen molar-refractivity contribution in [2.24, 2.45) is 0 Å². The number of rotatable bonds is 6. The Hall–Kier alpha value is -2.42. The zero-order chi connectivity index (χ0) is 17.1. The standard InChI is InChI=1S/C23H22O2/c1-24-16-23-20-10-6-5-9-19(20)21-12-11-18(13-22(21)23)15-25-14-17-7-3-2-4-8-17/h2-13,23H,14-16H2,1H3. The Morgan fingerprint density at radius 2 is 1.44 bits per heavy atom. The molecule has 3 aromatic rings. The summed E-state index contributed by atoms with van der Waals surface area (Å²) >= 11 is 0. The molecule has 126 valence electrons. The second kappa shape index (κ2) is 7.22. The van der Waals surface area contributed by atoms with Crippen molar-refractivity contribution in [2.75, 3.05) is 13.7 Å². The maximum Gasteiger partial charge on any atom is 0.0721 e.